The van der Waals surface area contributed by atoms with Crippen LogP contribution in [-0.2, 0) is 22.4 Å². The third-order valence-corrected chi connectivity index (χ3v) is 5.75. The zero-order chi connectivity index (χ0) is 22.7. The van der Waals surface area contributed by atoms with E-state index in [9.17, 15) is 19.1 Å². The summed E-state index contributed by atoms with van der Waals surface area (Å²) in [4.78, 5) is 31.5. The molecule has 0 aliphatic carbocycles. The minimum atomic E-state index is -0.732. The fourth-order valence-electron chi connectivity index (χ4n) is 3.96. The van der Waals surface area contributed by atoms with Crippen molar-refractivity contribution < 1.29 is 19.1 Å². The SMILES string of the molecule is CCc1ccc(/C(O)=C2/C(=O)C(=O)N(CCc3ccc(F)cc3)C2c2ccncc2)cc1. The van der Waals surface area contributed by atoms with Gasteiger partial charge in [0.05, 0.1) is 11.6 Å². The fraction of sp³-hybridized carbons (Fsp3) is 0.192. The zero-order valence-corrected chi connectivity index (χ0v) is 17.7. The van der Waals surface area contributed by atoms with E-state index in [1.807, 2.05) is 19.1 Å². The third kappa shape index (κ3) is 4.17. The predicted octanol–water partition coefficient (Wildman–Crippen LogP) is 4.45. The normalized spacial score (nSPS) is 17.7. The first kappa shape index (κ1) is 21.4. The number of aromatic nitrogens is 1. The van der Waals surface area contributed by atoms with Crippen LogP contribution in [0.1, 0.15) is 35.2 Å². The number of pyridine rings is 1. The highest BCUT2D eigenvalue weighted by atomic mass is 19.1. The summed E-state index contributed by atoms with van der Waals surface area (Å²) in [5, 5.41) is 11.1. The van der Waals surface area contributed by atoms with Gasteiger partial charge in [-0.05, 0) is 53.8 Å². The molecule has 3 aromatic rings. The molecule has 1 fully saturated rings. The smallest absolute Gasteiger partial charge is 0.295 e. The van der Waals surface area contributed by atoms with E-state index < -0.39 is 17.7 Å². The number of carbonyl (C=O) groups is 2. The Morgan fingerprint density at radius 2 is 1.59 bits per heavy atom. The van der Waals surface area contributed by atoms with Crippen LogP contribution in [0, 0.1) is 5.82 Å². The number of carbonyl (C=O) groups excluding carboxylic acids is 2. The van der Waals surface area contributed by atoms with Crippen molar-refractivity contribution >= 4 is 17.4 Å². The van der Waals surface area contributed by atoms with Crippen molar-refractivity contribution in [3.63, 3.8) is 0 Å². The quantitative estimate of drug-likeness (QED) is 0.356. The summed E-state index contributed by atoms with van der Waals surface area (Å²) < 4.78 is 13.2. The van der Waals surface area contributed by atoms with E-state index in [1.54, 1.807) is 48.8 Å². The number of amides is 1. The number of halogens is 1. The molecule has 6 heteroatoms. The van der Waals surface area contributed by atoms with Gasteiger partial charge in [-0.2, -0.15) is 0 Å². The molecule has 0 radical (unpaired) electrons. The Kier molecular flexibility index (Phi) is 6.12. The van der Waals surface area contributed by atoms with Gasteiger partial charge in [0, 0.05) is 24.5 Å². The number of Topliss-reactive ketones (excluding diaryl/α,β-unsaturated/α-hetero) is 1. The van der Waals surface area contributed by atoms with Gasteiger partial charge in [-0.25, -0.2) is 4.39 Å². The second-order valence-corrected chi connectivity index (χ2v) is 7.70. The lowest BCUT2D eigenvalue weighted by Gasteiger charge is -2.25. The van der Waals surface area contributed by atoms with E-state index in [4.69, 9.17) is 0 Å². The molecule has 2 aromatic carbocycles. The van der Waals surface area contributed by atoms with E-state index in [1.165, 1.54) is 17.0 Å². The van der Waals surface area contributed by atoms with Crippen molar-refractivity contribution in [1.82, 2.24) is 9.88 Å². The average Bonchev–Trinajstić information content (AvgIpc) is 3.08. The number of likely N-dealkylation sites (tertiary alicyclic amines) is 1. The van der Waals surface area contributed by atoms with Crippen molar-refractivity contribution in [2.75, 3.05) is 6.54 Å². The van der Waals surface area contributed by atoms with Crippen molar-refractivity contribution in [3.8, 4) is 0 Å². The Balaban J connectivity index is 1.73. The molecular weight excluding hydrogens is 407 g/mol. The molecule has 5 nitrogen and oxygen atoms in total. The van der Waals surface area contributed by atoms with Crippen molar-refractivity contribution in [1.29, 1.82) is 0 Å². The summed E-state index contributed by atoms with van der Waals surface area (Å²) in [5.74, 6) is -1.92. The molecule has 1 amide bonds. The molecule has 1 aliphatic heterocycles. The van der Waals surface area contributed by atoms with Crippen LogP contribution in [0.2, 0.25) is 0 Å². The molecule has 2 heterocycles. The van der Waals surface area contributed by atoms with Gasteiger partial charge in [-0.15, -0.1) is 0 Å². The zero-order valence-electron chi connectivity index (χ0n) is 17.7. The highest BCUT2D eigenvalue weighted by Crippen LogP contribution is 2.39. The number of hydrogen-bond donors (Lipinski definition) is 1. The highest BCUT2D eigenvalue weighted by molar-refractivity contribution is 6.46. The van der Waals surface area contributed by atoms with Crippen LogP contribution in [0.5, 0.6) is 0 Å². The molecule has 1 aromatic heterocycles. The van der Waals surface area contributed by atoms with Crippen molar-refractivity contribution in [2.45, 2.75) is 25.8 Å². The second-order valence-electron chi connectivity index (χ2n) is 7.70. The number of aliphatic hydroxyl groups excluding tert-OH is 1. The third-order valence-electron chi connectivity index (χ3n) is 5.75. The van der Waals surface area contributed by atoms with Gasteiger partial charge in [0.2, 0.25) is 0 Å². The van der Waals surface area contributed by atoms with E-state index in [2.05, 4.69) is 4.98 Å². The lowest BCUT2D eigenvalue weighted by molar-refractivity contribution is -0.139. The van der Waals surface area contributed by atoms with E-state index >= 15 is 0 Å². The first-order valence-corrected chi connectivity index (χ1v) is 10.5. The Morgan fingerprint density at radius 1 is 0.969 bits per heavy atom. The molecule has 1 atom stereocenters. The lowest BCUT2D eigenvalue weighted by Crippen LogP contribution is -2.31. The number of nitrogens with zero attached hydrogens (tertiary/aromatic N) is 2. The van der Waals surface area contributed by atoms with E-state index in [-0.39, 0.29) is 23.7 Å². The number of aryl methyl sites for hydroxylation is 1. The molecule has 32 heavy (non-hydrogen) atoms. The van der Waals surface area contributed by atoms with Gasteiger partial charge >= 0.3 is 0 Å². The summed E-state index contributed by atoms with van der Waals surface area (Å²) in [7, 11) is 0. The minimum Gasteiger partial charge on any atom is -0.507 e. The predicted molar refractivity (Wildman–Crippen MR) is 119 cm³/mol. The number of rotatable bonds is 6. The van der Waals surface area contributed by atoms with E-state index in [0.717, 1.165) is 17.5 Å². The fourth-order valence-corrected chi connectivity index (χ4v) is 3.96. The Bertz CT molecular complexity index is 1160. The first-order valence-electron chi connectivity index (χ1n) is 10.5. The maximum absolute atomic E-state index is 13.2. The molecule has 162 valence electrons. The van der Waals surface area contributed by atoms with Crippen LogP contribution in [-0.4, -0.2) is 33.2 Å². The number of hydrogen-bond acceptors (Lipinski definition) is 4. The maximum atomic E-state index is 13.2. The van der Waals surface area contributed by atoms with Gasteiger partial charge in [-0.3, -0.25) is 14.6 Å². The van der Waals surface area contributed by atoms with Crippen LogP contribution in [0.15, 0.2) is 78.6 Å². The molecule has 0 saturated carbocycles. The van der Waals surface area contributed by atoms with Gasteiger partial charge < -0.3 is 10.0 Å². The standard InChI is InChI=1S/C26H23FN2O3/c1-2-17-3-7-20(8-4-17)24(30)22-23(19-11-14-28-15-12-19)29(26(32)25(22)31)16-13-18-5-9-21(27)10-6-18/h3-12,14-15,23,30H,2,13,16H2,1H3/b24-22-. The van der Waals surface area contributed by atoms with Crippen LogP contribution < -0.4 is 0 Å². The van der Waals surface area contributed by atoms with Gasteiger partial charge in [-0.1, -0.05) is 43.3 Å². The van der Waals surface area contributed by atoms with Crippen molar-refractivity contribution in [2.24, 2.45) is 0 Å². The maximum Gasteiger partial charge on any atom is 0.295 e. The van der Waals surface area contributed by atoms with Crippen LogP contribution in [0.25, 0.3) is 5.76 Å². The van der Waals surface area contributed by atoms with Crippen LogP contribution in [0.3, 0.4) is 0 Å². The summed E-state index contributed by atoms with van der Waals surface area (Å²) in [6.45, 7) is 2.28. The van der Waals surface area contributed by atoms with Crippen molar-refractivity contribution in [3.05, 3.63) is 107 Å². The Labute approximate surface area is 185 Å². The topological polar surface area (TPSA) is 70.5 Å². The molecule has 4 rings (SSSR count). The monoisotopic (exact) mass is 430 g/mol. The molecule has 1 saturated heterocycles. The number of aliphatic hydroxyl groups is 1. The average molecular weight is 430 g/mol. The second kappa shape index (κ2) is 9.14. The number of ketones is 1. The van der Waals surface area contributed by atoms with Crippen LogP contribution >= 0.6 is 0 Å². The lowest BCUT2D eigenvalue weighted by atomic mass is 9.95. The van der Waals surface area contributed by atoms with Gasteiger partial charge in [0.1, 0.15) is 11.6 Å². The molecule has 1 unspecified atom stereocenters. The van der Waals surface area contributed by atoms with Crippen LogP contribution in [0.4, 0.5) is 4.39 Å². The highest BCUT2D eigenvalue weighted by Gasteiger charge is 2.45. The summed E-state index contributed by atoms with van der Waals surface area (Å²) in [6.07, 6.45) is 4.48. The Morgan fingerprint density at radius 3 is 2.22 bits per heavy atom. The minimum absolute atomic E-state index is 0.0598. The summed E-state index contributed by atoms with van der Waals surface area (Å²) in [6, 6.07) is 16.1. The molecule has 0 bridgehead atoms. The number of benzene rings is 2. The molecule has 1 aliphatic rings. The molecule has 0 spiro atoms. The first-order chi connectivity index (χ1) is 15.5. The van der Waals surface area contributed by atoms with Gasteiger partial charge in [0.15, 0.2) is 0 Å². The summed E-state index contributed by atoms with van der Waals surface area (Å²) >= 11 is 0. The Hall–Kier alpha value is -3.80. The largest absolute Gasteiger partial charge is 0.507 e. The van der Waals surface area contributed by atoms with Gasteiger partial charge in [0.25, 0.3) is 11.7 Å². The van der Waals surface area contributed by atoms with E-state index in [0.29, 0.717) is 17.5 Å². The summed E-state index contributed by atoms with van der Waals surface area (Å²) in [5.41, 5.74) is 3.18. The molecule has 1 N–H and O–H groups in total. The molecular formula is C26H23FN2O3.